The van der Waals surface area contributed by atoms with Gasteiger partial charge in [-0.2, -0.15) is 9.97 Å². The van der Waals surface area contributed by atoms with Crippen LogP contribution in [0.3, 0.4) is 0 Å². The minimum atomic E-state index is 0.330. The Morgan fingerprint density at radius 1 is 1.50 bits per heavy atom. The van der Waals surface area contributed by atoms with Crippen LogP contribution in [0, 0.1) is 0 Å². The lowest BCUT2D eigenvalue weighted by molar-refractivity contribution is 0.315. The van der Waals surface area contributed by atoms with Crippen LogP contribution in [0.4, 0.5) is 17.6 Å². The highest BCUT2D eigenvalue weighted by atomic mass is 15.3. The van der Waals surface area contributed by atoms with Gasteiger partial charge in [-0.25, -0.2) is 0 Å². The summed E-state index contributed by atoms with van der Waals surface area (Å²) in [5, 5.41) is 3.18. The van der Waals surface area contributed by atoms with Gasteiger partial charge in [-0.15, -0.1) is 0 Å². The molecule has 0 saturated carbocycles. The van der Waals surface area contributed by atoms with E-state index < -0.39 is 0 Å². The van der Waals surface area contributed by atoms with Gasteiger partial charge < -0.3 is 20.9 Å². The summed E-state index contributed by atoms with van der Waals surface area (Å²) in [5.41, 5.74) is 5.75. The number of rotatable bonds is 4. The van der Waals surface area contributed by atoms with Gasteiger partial charge in [0.1, 0.15) is 11.6 Å². The smallest absolute Gasteiger partial charge is 0.223 e. The van der Waals surface area contributed by atoms with Gasteiger partial charge in [-0.3, -0.25) is 0 Å². The maximum Gasteiger partial charge on any atom is 0.223 e. The number of anilines is 3. The first-order valence-corrected chi connectivity index (χ1v) is 6.40. The Morgan fingerprint density at radius 2 is 2.28 bits per heavy atom. The Hall–Kier alpha value is -1.56. The molecule has 1 fully saturated rings. The van der Waals surface area contributed by atoms with Gasteiger partial charge in [0.2, 0.25) is 5.95 Å². The molecule has 0 aliphatic carbocycles. The van der Waals surface area contributed by atoms with Crippen molar-refractivity contribution in [3.8, 4) is 0 Å². The van der Waals surface area contributed by atoms with E-state index >= 15 is 0 Å². The fraction of sp³-hybridized carbons (Fsp3) is 0.667. The second-order valence-electron chi connectivity index (χ2n) is 4.85. The Kier molecular flexibility index (Phi) is 3.86. The van der Waals surface area contributed by atoms with Crippen LogP contribution in [0.2, 0.25) is 0 Å². The standard InChI is InChI=1S/C12H22N6/c1-4-14-10-7-11(16-12(13)15-10)18-6-5-9(8-18)17(2)3/h7,9H,4-6,8H2,1-3H3,(H3,13,14,15,16). The van der Waals surface area contributed by atoms with E-state index in [0.717, 1.165) is 37.7 Å². The maximum atomic E-state index is 5.75. The van der Waals surface area contributed by atoms with Crippen molar-refractivity contribution in [1.82, 2.24) is 14.9 Å². The lowest BCUT2D eigenvalue weighted by Crippen LogP contribution is -2.31. The molecule has 0 radical (unpaired) electrons. The normalized spacial score (nSPS) is 19.6. The monoisotopic (exact) mass is 250 g/mol. The van der Waals surface area contributed by atoms with Crippen LogP contribution in [-0.2, 0) is 0 Å². The van der Waals surface area contributed by atoms with Crippen molar-refractivity contribution >= 4 is 17.6 Å². The first-order valence-electron chi connectivity index (χ1n) is 6.40. The molecule has 1 aliphatic heterocycles. The van der Waals surface area contributed by atoms with E-state index in [1.807, 2.05) is 13.0 Å². The molecular formula is C12H22N6. The topological polar surface area (TPSA) is 70.3 Å². The molecule has 1 saturated heterocycles. The molecular weight excluding hydrogens is 228 g/mol. The first kappa shape index (κ1) is 12.9. The molecule has 2 heterocycles. The Bertz CT molecular complexity index is 406. The average molecular weight is 250 g/mol. The molecule has 0 aromatic carbocycles. The summed E-state index contributed by atoms with van der Waals surface area (Å²) in [5.74, 6) is 2.05. The van der Waals surface area contributed by atoms with Crippen molar-refractivity contribution in [3.63, 3.8) is 0 Å². The van der Waals surface area contributed by atoms with E-state index in [9.17, 15) is 0 Å². The third-order valence-electron chi connectivity index (χ3n) is 3.31. The molecule has 6 nitrogen and oxygen atoms in total. The van der Waals surface area contributed by atoms with Gasteiger partial charge in [0.05, 0.1) is 0 Å². The molecule has 2 rings (SSSR count). The van der Waals surface area contributed by atoms with E-state index in [0.29, 0.717) is 12.0 Å². The number of aromatic nitrogens is 2. The molecule has 1 aliphatic rings. The summed E-state index contributed by atoms with van der Waals surface area (Å²) in [7, 11) is 4.24. The summed E-state index contributed by atoms with van der Waals surface area (Å²) >= 11 is 0. The van der Waals surface area contributed by atoms with Gasteiger partial charge in [-0.1, -0.05) is 0 Å². The number of nitrogens with one attached hydrogen (secondary N) is 1. The summed E-state index contributed by atoms with van der Waals surface area (Å²) < 4.78 is 0. The number of hydrogen-bond acceptors (Lipinski definition) is 6. The number of nitrogens with two attached hydrogens (primary N) is 1. The maximum absolute atomic E-state index is 5.75. The molecule has 1 unspecified atom stereocenters. The van der Waals surface area contributed by atoms with Crippen LogP contribution >= 0.6 is 0 Å². The van der Waals surface area contributed by atoms with Gasteiger partial charge in [-0.05, 0) is 27.4 Å². The van der Waals surface area contributed by atoms with Crippen molar-refractivity contribution in [2.45, 2.75) is 19.4 Å². The van der Waals surface area contributed by atoms with Crippen LogP contribution in [0.1, 0.15) is 13.3 Å². The third kappa shape index (κ3) is 2.81. The molecule has 100 valence electrons. The first-order chi connectivity index (χ1) is 8.60. The highest BCUT2D eigenvalue weighted by Gasteiger charge is 2.25. The van der Waals surface area contributed by atoms with Gasteiger partial charge in [0.25, 0.3) is 0 Å². The van der Waals surface area contributed by atoms with Crippen molar-refractivity contribution < 1.29 is 0 Å². The van der Waals surface area contributed by atoms with Crippen LogP contribution < -0.4 is 16.0 Å². The summed E-state index contributed by atoms with van der Waals surface area (Å²) in [6, 6.07) is 2.56. The quantitative estimate of drug-likeness (QED) is 0.817. The van der Waals surface area contributed by atoms with Gasteiger partial charge in [0.15, 0.2) is 0 Å². The fourth-order valence-electron chi connectivity index (χ4n) is 2.26. The number of nitrogens with zero attached hydrogens (tertiary/aromatic N) is 4. The Morgan fingerprint density at radius 3 is 2.89 bits per heavy atom. The van der Waals surface area contributed by atoms with Crippen molar-refractivity contribution in [1.29, 1.82) is 0 Å². The second kappa shape index (κ2) is 5.39. The van der Waals surface area contributed by atoms with Gasteiger partial charge in [0, 0.05) is 31.7 Å². The molecule has 1 atom stereocenters. The summed E-state index contributed by atoms with van der Waals surface area (Å²) in [6.07, 6.45) is 1.16. The third-order valence-corrected chi connectivity index (χ3v) is 3.31. The van der Waals surface area contributed by atoms with E-state index in [1.54, 1.807) is 0 Å². The largest absolute Gasteiger partial charge is 0.370 e. The van der Waals surface area contributed by atoms with E-state index in [-0.39, 0.29) is 0 Å². The zero-order valence-corrected chi connectivity index (χ0v) is 11.3. The molecule has 0 amide bonds. The predicted octanol–water partition coefficient (Wildman–Crippen LogP) is 0.631. The number of hydrogen-bond donors (Lipinski definition) is 2. The molecule has 1 aromatic heterocycles. The minimum Gasteiger partial charge on any atom is -0.370 e. The van der Waals surface area contributed by atoms with Gasteiger partial charge >= 0.3 is 0 Å². The molecule has 0 bridgehead atoms. The molecule has 18 heavy (non-hydrogen) atoms. The van der Waals surface area contributed by atoms with E-state index in [1.165, 1.54) is 0 Å². The van der Waals surface area contributed by atoms with Crippen molar-refractivity contribution in [3.05, 3.63) is 6.07 Å². The van der Waals surface area contributed by atoms with E-state index in [4.69, 9.17) is 5.73 Å². The Balaban J connectivity index is 2.13. The summed E-state index contributed by atoms with van der Waals surface area (Å²) in [4.78, 5) is 13.0. The lowest BCUT2D eigenvalue weighted by atomic mass is 10.2. The molecule has 0 spiro atoms. The SMILES string of the molecule is CCNc1cc(N2CCC(N(C)C)C2)nc(N)n1. The number of nitrogen functional groups attached to an aromatic ring is 1. The Labute approximate surface area is 108 Å². The zero-order chi connectivity index (χ0) is 13.1. The number of likely N-dealkylation sites (N-methyl/N-ethyl adjacent to an activating group) is 1. The minimum absolute atomic E-state index is 0.330. The molecule has 6 heteroatoms. The predicted molar refractivity (Wildman–Crippen MR) is 74.9 cm³/mol. The van der Waals surface area contributed by atoms with E-state index in [2.05, 4.69) is 39.2 Å². The highest BCUT2D eigenvalue weighted by Crippen LogP contribution is 2.22. The van der Waals surface area contributed by atoms with Crippen LogP contribution in [0.15, 0.2) is 6.07 Å². The molecule has 1 aromatic rings. The zero-order valence-electron chi connectivity index (χ0n) is 11.3. The van der Waals surface area contributed by atoms with Crippen LogP contribution in [0.5, 0.6) is 0 Å². The van der Waals surface area contributed by atoms with Crippen molar-refractivity contribution in [2.75, 3.05) is 49.7 Å². The highest BCUT2D eigenvalue weighted by molar-refractivity contribution is 5.53. The fourth-order valence-corrected chi connectivity index (χ4v) is 2.26. The second-order valence-corrected chi connectivity index (χ2v) is 4.85. The average Bonchev–Trinajstić information content (AvgIpc) is 2.78. The van der Waals surface area contributed by atoms with Crippen molar-refractivity contribution in [2.24, 2.45) is 0 Å². The van der Waals surface area contributed by atoms with Crippen LogP contribution in [-0.4, -0.2) is 54.6 Å². The summed E-state index contributed by atoms with van der Waals surface area (Å²) in [6.45, 7) is 4.88. The molecule has 3 N–H and O–H groups in total. The lowest BCUT2D eigenvalue weighted by Gasteiger charge is -2.21. The van der Waals surface area contributed by atoms with Crippen LogP contribution in [0.25, 0.3) is 0 Å².